The zero-order valence-electron chi connectivity index (χ0n) is 20.6. The standard InChI is InChI=1S/C29H32N4O2/c1-20-24(18-32(2)31-20)19-33(15-14-23-17-30-27-7-5-4-6-25(23)27)28-12-10-22-16-21(8-11-26(22)28)9-13-29(34)35-3/h4-9,11,13,16-18,28,30H,10,12,14-15,19H2,1-3H3/b13-9+. The SMILES string of the molecule is COC(=O)/C=C/c1ccc2c(c1)CCC2N(CCc1c[nH]c2ccccc12)Cc1cn(C)nc1C. The number of carbonyl (C=O) groups is 1. The summed E-state index contributed by atoms with van der Waals surface area (Å²) in [6.45, 7) is 3.93. The van der Waals surface area contributed by atoms with E-state index in [1.165, 1.54) is 46.3 Å². The fourth-order valence-corrected chi connectivity index (χ4v) is 5.30. The molecule has 0 fully saturated rings. The third kappa shape index (κ3) is 4.93. The van der Waals surface area contributed by atoms with Crippen LogP contribution in [0.15, 0.2) is 60.9 Å². The van der Waals surface area contributed by atoms with Gasteiger partial charge in [0, 0.05) is 61.1 Å². The number of rotatable bonds is 8. The van der Waals surface area contributed by atoms with Crippen LogP contribution in [0.1, 0.15) is 46.0 Å². The first kappa shape index (κ1) is 23.1. The summed E-state index contributed by atoms with van der Waals surface area (Å²) < 4.78 is 6.63. The Balaban J connectivity index is 1.40. The van der Waals surface area contributed by atoms with Crippen molar-refractivity contribution in [3.05, 3.63) is 94.4 Å². The Kier molecular flexibility index (Phi) is 6.55. The van der Waals surface area contributed by atoms with Crippen molar-refractivity contribution in [2.45, 2.75) is 38.8 Å². The summed E-state index contributed by atoms with van der Waals surface area (Å²) in [5.74, 6) is -0.335. The van der Waals surface area contributed by atoms with Gasteiger partial charge in [0.15, 0.2) is 0 Å². The number of para-hydroxylation sites is 1. The molecular weight excluding hydrogens is 436 g/mol. The van der Waals surface area contributed by atoms with Crippen LogP contribution < -0.4 is 0 Å². The van der Waals surface area contributed by atoms with Crippen LogP contribution in [0, 0.1) is 6.92 Å². The van der Waals surface area contributed by atoms with Crippen molar-refractivity contribution in [2.24, 2.45) is 7.05 Å². The second-order valence-electron chi connectivity index (χ2n) is 9.36. The fourth-order valence-electron chi connectivity index (χ4n) is 5.30. The van der Waals surface area contributed by atoms with Gasteiger partial charge in [-0.05, 0) is 60.6 Å². The summed E-state index contributed by atoms with van der Waals surface area (Å²) in [5.41, 5.74) is 8.69. The summed E-state index contributed by atoms with van der Waals surface area (Å²) in [6, 6.07) is 15.4. The van der Waals surface area contributed by atoms with E-state index in [4.69, 9.17) is 4.74 Å². The van der Waals surface area contributed by atoms with Crippen LogP contribution in [0.25, 0.3) is 17.0 Å². The summed E-state index contributed by atoms with van der Waals surface area (Å²) in [6.07, 6.45) is 10.7. The first-order valence-electron chi connectivity index (χ1n) is 12.2. The summed E-state index contributed by atoms with van der Waals surface area (Å²) in [7, 11) is 3.38. The summed E-state index contributed by atoms with van der Waals surface area (Å²) in [5, 5.41) is 5.88. The van der Waals surface area contributed by atoms with E-state index < -0.39 is 0 Å². The van der Waals surface area contributed by atoms with Gasteiger partial charge < -0.3 is 9.72 Å². The van der Waals surface area contributed by atoms with Crippen molar-refractivity contribution in [3.63, 3.8) is 0 Å². The first-order valence-corrected chi connectivity index (χ1v) is 12.2. The highest BCUT2D eigenvalue weighted by Crippen LogP contribution is 2.37. The van der Waals surface area contributed by atoms with Gasteiger partial charge in [0.05, 0.1) is 12.8 Å². The number of nitrogens with one attached hydrogen (secondary N) is 1. The van der Waals surface area contributed by atoms with Crippen LogP contribution in [0.2, 0.25) is 0 Å². The van der Waals surface area contributed by atoms with Gasteiger partial charge in [0.2, 0.25) is 0 Å². The number of aromatic nitrogens is 3. The van der Waals surface area contributed by atoms with Crippen LogP contribution in [-0.2, 0) is 36.0 Å². The zero-order chi connectivity index (χ0) is 24.4. The van der Waals surface area contributed by atoms with E-state index in [0.717, 1.165) is 43.6 Å². The highest BCUT2D eigenvalue weighted by atomic mass is 16.5. The van der Waals surface area contributed by atoms with Gasteiger partial charge in [-0.2, -0.15) is 5.10 Å². The number of carbonyl (C=O) groups excluding carboxylic acids is 1. The molecule has 5 rings (SSSR count). The van der Waals surface area contributed by atoms with E-state index >= 15 is 0 Å². The number of ether oxygens (including phenoxy) is 1. The number of hydrogen-bond acceptors (Lipinski definition) is 4. The minimum atomic E-state index is -0.335. The molecule has 0 saturated heterocycles. The molecule has 1 atom stereocenters. The zero-order valence-corrected chi connectivity index (χ0v) is 20.6. The van der Waals surface area contributed by atoms with E-state index in [1.807, 2.05) is 17.8 Å². The number of nitrogens with zero attached hydrogens (tertiary/aromatic N) is 3. The normalized spacial score (nSPS) is 15.4. The molecule has 180 valence electrons. The Morgan fingerprint density at radius 1 is 1.26 bits per heavy atom. The molecule has 0 saturated carbocycles. The number of fused-ring (bicyclic) bond motifs is 2. The number of aromatic amines is 1. The van der Waals surface area contributed by atoms with Gasteiger partial charge >= 0.3 is 5.97 Å². The minimum absolute atomic E-state index is 0.335. The maximum absolute atomic E-state index is 11.5. The van der Waals surface area contributed by atoms with E-state index in [1.54, 1.807) is 0 Å². The van der Waals surface area contributed by atoms with Crippen LogP contribution in [0.5, 0.6) is 0 Å². The lowest BCUT2D eigenvalue weighted by Crippen LogP contribution is -2.29. The summed E-state index contributed by atoms with van der Waals surface area (Å²) >= 11 is 0. The molecule has 1 aliphatic carbocycles. The highest BCUT2D eigenvalue weighted by Gasteiger charge is 2.29. The molecule has 2 heterocycles. The van der Waals surface area contributed by atoms with Crippen LogP contribution >= 0.6 is 0 Å². The number of benzene rings is 2. The summed E-state index contributed by atoms with van der Waals surface area (Å²) in [4.78, 5) is 17.5. The Labute approximate surface area is 206 Å². The number of esters is 1. The Bertz CT molecular complexity index is 1380. The molecule has 6 nitrogen and oxygen atoms in total. The predicted molar refractivity (Wildman–Crippen MR) is 139 cm³/mol. The molecule has 0 aliphatic heterocycles. The maximum Gasteiger partial charge on any atom is 0.330 e. The molecule has 2 aromatic heterocycles. The molecule has 1 N–H and O–H groups in total. The van der Waals surface area contributed by atoms with E-state index in [2.05, 4.69) is 76.8 Å². The molecule has 6 heteroatoms. The monoisotopic (exact) mass is 468 g/mol. The maximum atomic E-state index is 11.5. The minimum Gasteiger partial charge on any atom is -0.466 e. The average molecular weight is 469 g/mol. The van der Waals surface area contributed by atoms with Gasteiger partial charge in [-0.15, -0.1) is 0 Å². The Hall–Kier alpha value is -3.64. The quantitative estimate of drug-likeness (QED) is 0.288. The van der Waals surface area contributed by atoms with Crippen LogP contribution in [0.3, 0.4) is 0 Å². The molecule has 0 radical (unpaired) electrons. The Morgan fingerprint density at radius 3 is 2.91 bits per heavy atom. The van der Waals surface area contributed by atoms with Crippen molar-refractivity contribution in [1.82, 2.24) is 19.7 Å². The smallest absolute Gasteiger partial charge is 0.330 e. The highest BCUT2D eigenvalue weighted by molar-refractivity contribution is 5.87. The second kappa shape index (κ2) is 9.92. The Morgan fingerprint density at radius 2 is 2.11 bits per heavy atom. The topological polar surface area (TPSA) is 63.1 Å². The number of H-pyrrole nitrogens is 1. The van der Waals surface area contributed by atoms with Crippen molar-refractivity contribution in [2.75, 3.05) is 13.7 Å². The van der Waals surface area contributed by atoms with Crippen molar-refractivity contribution < 1.29 is 9.53 Å². The molecule has 0 amide bonds. The van der Waals surface area contributed by atoms with Gasteiger partial charge in [-0.3, -0.25) is 9.58 Å². The molecular formula is C29H32N4O2. The lowest BCUT2D eigenvalue weighted by Gasteiger charge is -2.29. The van der Waals surface area contributed by atoms with Crippen molar-refractivity contribution in [3.8, 4) is 0 Å². The largest absolute Gasteiger partial charge is 0.466 e. The molecule has 0 bridgehead atoms. The first-order chi connectivity index (χ1) is 17.0. The van der Waals surface area contributed by atoms with Crippen LogP contribution in [-0.4, -0.2) is 39.3 Å². The molecule has 1 unspecified atom stereocenters. The molecule has 2 aromatic carbocycles. The molecule has 4 aromatic rings. The molecule has 0 spiro atoms. The van der Waals surface area contributed by atoms with Crippen molar-refractivity contribution >= 4 is 22.9 Å². The lowest BCUT2D eigenvalue weighted by atomic mass is 10.0. The lowest BCUT2D eigenvalue weighted by molar-refractivity contribution is -0.134. The third-order valence-electron chi connectivity index (χ3n) is 7.10. The molecule has 1 aliphatic rings. The average Bonchev–Trinajstić information content (AvgIpc) is 3.56. The molecule has 35 heavy (non-hydrogen) atoms. The number of hydrogen-bond donors (Lipinski definition) is 1. The number of methoxy groups -OCH3 is 1. The van der Waals surface area contributed by atoms with Crippen molar-refractivity contribution in [1.29, 1.82) is 0 Å². The second-order valence-corrected chi connectivity index (χ2v) is 9.36. The van der Waals surface area contributed by atoms with E-state index in [0.29, 0.717) is 6.04 Å². The van der Waals surface area contributed by atoms with Gasteiger partial charge in [-0.25, -0.2) is 4.79 Å². The third-order valence-corrected chi connectivity index (χ3v) is 7.10. The van der Waals surface area contributed by atoms with Gasteiger partial charge in [-0.1, -0.05) is 36.4 Å². The van der Waals surface area contributed by atoms with E-state index in [9.17, 15) is 4.79 Å². The number of aryl methyl sites for hydroxylation is 3. The predicted octanol–water partition coefficient (Wildman–Crippen LogP) is 5.13. The van der Waals surface area contributed by atoms with Crippen LogP contribution in [0.4, 0.5) is 0 Å². The van der Waals surface area contributed by atoms with E-state index in [-0.39, 0.29) is 5.97 Å². The van der Waals surface area contributed by atoms with Gasteiger partial charge in [0.25, 0.3) is 0 Å². The van der Waals surface area contributed by atoms with Gasteiger partial charge in [0.1, 0.15) is 0 Å². The fraction of sp³-hybridized carbons (Fsp3) is 0.310.